The SMILES string of the molecule is COc1cccc(-c2c(O)c(OC)cc3c2CN(CCc2ccccc2)CC3)c1. The lowest BCUT2D eigenvalue weighted by molar-refractivity contribution is 0.256. The molecule has 4 nitrogen and oxygen atoms in total. The van der Waals surface area contributed by atoms with Crippen LogP contribution in [0.2, 0.25) is 0 Å². The number of phenolic OH excluding ortho intramolecular Hbond substituents is 1. The first-order valence-electron chi connectivity index (χ1n) is 10.0. The molecule has 3 aromatic rings. The molecule has 0 saturated heterocycles. The van der Waals surface area contributed by atoms with Crippen molar-refractivity contribution in [2.45, 2.75) is 19.4 Å². The average molecular weight is 389 g/mol. The summed E-state index contributed by atoms with van der Waals surface area (Å²) >= 11 is 0. The molecule has 150 valence electrons. The average Bonchev–Trinajstić information content (AvgIpc) is 2.78. The van der Waals surface area contributed by atoms with Crippen molar-refractivity contribution in [3.8, 4) is 28.4 Å². The third-order valence-electron chi connectivity index (χ3n) is 5.68. The predicted octanol–water partition coefficient (Wildman–Crippen LogP) is 4.68. The van der Waals surface area contributed by atoms with Crippen molar-refractivity contribution in [3.05, 3.63) is 77.4 Å². The smallest absolute Gasteiger partial charge is 0.166 e. The van der Waals surface area contributed by atoms with Crippen molar-refractivity contribution in [1.29, 1.82) is 0 Å². The standard InChI is InChI=1S/C25H27NO3/c1-28-21-10-6-9-20(15-21)24-22-17-26(13-11-18-7-4-3-5-8-18)14-12-19(22)16-23(29-2)25(24)27/h3-10,15-16,27H,11-14,17H2,1-2H3. The van der Waals surface area contributed by atoms with Gasteiger partial charge in [-0.05, 0) is 53.3 Å². The molecule has 0 aliphatic carbocycles. The summed E-state index contributed by atoms with van der Waals surface area (Å²) in [7, 11) is 3.26. The summed E-state index contributed by atoms with van der Waals surface area (Å²) in [5.74, 6) is 1.50. The molecule has 0 radical (unpaired) electrons. The summed E-state index contributed by atoms with van der Waals surface area (Å²) in [6.07, 6.45) is 1.96. The maximum Gasteiger partial charge on any atom is 0.166 e. The first kappa shape index (κ1) is 19.3. The van der Waals surface area contributed by atoms with Crippen LogP contribution in [0.1, 0.15) is 16.7 Å². The van der Waals surface area contributed by atoms with E-state index in [2.05, 4.69) is 35.2 Å². The van der Waals surface area contributed by atoms with Gasteiger partial charge in [-0.1, -0.05) is 42.5 Å². The zero-order valence-electron chi connectivity index (χ0n) is 17.0. The molecule has 0 bridgehead atoms. The summed E-state index contributed by atoms with van der Waals surface area (Å²) < 4.78 is 10.9. The second-order valence-corrected chi connectivity index (χ2v) is 7.43. The molecule has 0 amide bonds. The third kappa shape index (κ3) is 4.08. The van der Waals surface area contributed by atoms with Crippen molar-refractivity contribution >= 4 is 0 Å². The first-order valence-corrected chi connectivity index (χ1v) is 10.0. The van der Waals surface area contributed by atoms with Crippen LogP contribution in [0, 0.1) is 0 Å². The van der Waals surface area contributed by atoms with Gasteiger partial charge in [0.25, 0.3) is 0 Å². The fourth-order valence-corrected chi connectivity index (χ4v) is 4.09. The largest absolute Gasteiger partial charge is 0.504 e. The van der Waals surface area contributed by atoms with Crippen molar-refractivity contribution in [3.63, 3.8) is 0 Å². The van der Waals surface area contributed by atoms with Gasteiger partial charge in [-0.2, -0.15) is 0 Å². The van der Waals surface area contributed by atoms with E-state index in [-0.39, 0.29) is 5.75 Å². The Labute approximate surface area is 172 Å². The minimum atomic E-state index is 0.199. The Kier molecular flexibility index (Phi) is 5.72. The highest BCUT2D eigenvalue weighted by atomic mass is 16.5. The van der Waals surface area contributed by atoms with Crippen molar-refractivity contribution in [2.75, 3.05) is 27.3 Å². The summed E-state index contributed by atoms with van der Waals surface area (Å²) in [6.45, 7) is 2.81. The highest BCUT2D eigenvalue weighted by Gasteiger charge is 2.25. The molecule has 0 spiro atoms. The highest BCUT2D eigenvalue weighted by Crippen LogP contribution is 2.44. The Morgan fingerprint density at radius 2 is 1.79 bits per heavy atom. The van der Waals surface area contributed by atoms with E-state index in [9.17, 15) is 5.11 Å². The minimum Gasteiger partial charge on any atom is -0.504 e. The predicted molar refractivity (Wildman–Crippen MR) is 116 cm³/mol. The van der Waals surface area contributed by atoms with Crippen LogP contribution in [-0.4, -0.2) is 37.3 Å². The van der Waals surface area contributed by atoms with Gasteiger partial charge in [0, 0.05) is 25.2 Å². The van der Waals surface area contributed by atoms with Crippen LogP contribution in [0.3, 0.4) is 0 Å². The van der Waals surface area contributed by atoms with Gasteiger partial charge < -0.3 is 14.6 Å². The fourth-order valence-electron chi connectivity index (χ4n) is 4.09. The molecule has 0 saturated carbocycles. The van der Waals surface area contributed by atoms with Gasteiger partial charge in [-0.15, -0.1) is 0 Å². The van der Waals surface area contributed by atoms with Crippen LogP contribution in [-0.2, 0) is 19.4 Å². The third-order valence-corrected chi connectivity index (χ3v) is 5.68. The van der Waals surface area contributed by atoms with Gasteiger partial charge in [0.05, 0.1) is 14.2 Å². The minimum absolute atomic E-state index is 0.199. The van der Waals surface area contributed by atoms with Gasteiger partial charge in [0.15, 0.2) is 11.5 Å². The second-order valence-electron chi connectivity index (χ2n) is 7.43. The maximum absolute atomic E-state index is 11.0. The monoisotopic (exact) mass is 389 g/mol. The topological polar surface area (TPSA) is 41.9 Å². The number of hydrogen-bond donors (Lipinski definition) is 1. The van der Waals surface area contributed by atoms with E-state index in [1.54, 1.807) is 14.2 Å². The Hall–Kier alpha value is -2.98. The molecular formula is C25H27NO3. The van der Waals surface area contributed by atoms with Gasteiger partial charge in [0.1, 0.15) is 5.75 Å². The molecule has 1 aliphatic heterocycles. The zero-order chi connectivity index (χ0) is 20.2. The zero-order valence-corrected chi connectivity index (χ0v) is 17.0. The van der Waals surface area contributed by atoms with Crippen LogP contribution in [0.5, 0.6) is 17.2 Å². The number of methoxy groups -OCH3 is 2. The molecule has 1 aliphatic rings. The van der Waals surface area contributed by atoms with E-state index in [4.69, 9.17) is 9.47 Å². The lowest BCUT2D eigenvalue weighted by Gasteiger charge is -2.31. The molecule has 0 atom stereocenters. The van der Waals surface area contributed by atoms with Gasteiger partial charge >= 0.3 is 0 Å². The summed E-state index contributed by atoms with van der Waals surface area (Å²) in [6, 6.07) is 20.4. The molecule has 1 N–H and O–H groups in total. The summed E-state index contributed by atoms with van der Waals surface area (Å²) in [5, 5.41) is 11.0. The number of benzene rings is 3. The van der Waals surface area contributed by atoms with E-state index in [0.29, 0.717) is 5.75 Å². The molecule has 29 heavy (non-hydrogen) atoms. The molecule has 4 rings (SSSR count). The molecule has 3 aromatic carbocycles. The van der Waals surface area contributed by atoms with Crippen molar-refractivity contribution in [1.82, 2.24) is 4.90 Å². The number of ether oxygens (including phenoxy) is 2. The van der Waals surface area contributed by atoms with Crippen LogP contribution in [0.25, 0.3) is 11.1 Å². The lowest BCUT2D eigenvalue weighted by atomic mass is 9.89. The van der Waals surface area contributed by atoms with E-state index < -0.39 is 0 Å². The summed E-state index contributed by atoms with van der Waals surface area (Å²) in [4.78, 5) is 2.46. The molecule has 0 unspecified atom stereocenters. The first-order chi connectivity index (χ1) is 14.2. The normalized spacial score (nSPS) is 13.7. The van der Waals surface area contributed by atoms with E-state index in [0.717, 1.165) is 49.4 Å². The van der Waals surface area contributed by atoms with Gasteiger partial charge in [0.2, 0.25) is 0 Å². The quantitative estimate of drug-likeness (QED) is 0.665. The van der Waals surface area contributed by atoms with E-state index in [1.165, 1.54) is 16.7 Å². The molecule has 0 fully saturated rings. The number of phenols is 1. The Bertz CT molecular complexity index is 985. The second kappa shape index (κ2) is 8.58. The van der Waals surface area contributed by atoms with Crippen LogP contribution in [0.15, 0.2) is 60.7 Å². The van der Waals surface area contributed by atoms with Crippen molar-refractivity contribution < 1.29 is 14.6 Å². The van der Waals surface area contributed by atoms with Gasteiger partial charge in [-0.25, -0.2) is 0 Å². The van der Waals surface area contributed by atoms with Crippen LogP contribution < -0.4 is 9.47 Å². The Morgan fingerprint density at radius 3 is 2.55 bits per heavy atom. The summed E-state index contributed by atoms with van der Waals surface area (Å²) in [5.41, 5.74) is 5.57. The number of aromatic hydroxyl groups is 1. The van der Waals surface area contributed by atoms with E-state index >= 15 is 0 Å². The number of fused-ring (bicyclic) bond motifs is 1. The number of hydrogen-bond acceptors (Lipinski definition) is 4. The maximum atomic E-state index is 11.0. The molecule has 0 aromatic heterocycles. The lowest BCUT2D eigenvalue weighted by Crippen LogP contribution is -2.32. The number of nitrogens with zero attached hydrogens (tertiary/aromatic N) is 1. The highest BCUT2D eigenvalue weighted by molar-refractivity contribution is 5.79. The Morgan fingerprint density at radius 1 is 0.966 bits per heavy atom. The van der Waals surface area contributed by atoms with Gasteiger partial charge in [-0.3, -0.25) is 4.90 Å². The van der Waals surface area contributed by atoms with Crippen LogP contribution in [0.4, 0.5) is 0 Å². The number of rotatable bonds is 6. The molecular weight excluding hydrogens is 362 g/mol. The van der Waals surface area contributed by atoms with Crippen LogP contribution >= 0.6 is 0 Å². The van der Waals surface area contributed by atoms with E-state index in [1.807, 2.05) is 30.3 Å². The Balaban J connectivity index is 1.67. The fraction of sp³-hybridized carbons (Fsp3) is 0.280. The molecule has 1 heterocycles. The molecule has 4 heteroatoms. The van der Waals surface area contributed by atoms with Crippen molar-refractivity contribution in [2.24, 2.45) is 0 Å².